The highest BCUT2D eigenvalue weighted by Crippen LogP contribution is 2.27. The summed E-state index contributed by atoms with van der Waals surface area (Å²) in [6.45, 7) is 4.50. The second-order valence-electron chi connectivity index (χ2n) is 5.34. The zero-order valence-electron chi connectivity index (χ0n) is 14.4. The van der Waals surface area contributed by atoms with Crippen LogP contribution in [0.2, 0.25) is 0 Å². The highest BCUT2D eigenvalue weighted by Gasteiger charge is 2.13. The van der Waals surface area contributed by atoms with Crippen molar-refractivity contribution in [3.05, 3.63) is 53.6 Å². The number of esters is 1. The molecular formula is C19H18N2O4S. The molecular weight excluding hydrogens is 352 g/mol. The number of hydrogen-bond acceptors (Lipinski definition) is 6. The Bertz CT molecular complexity index is 952. The fraction of sp³-hybridized carbons (Fsp3) is 0.211. The zero-order chi connectivity index (χ0) is 18.5. The van der Waals surface area contributed by atoms with Crippen LogP contribution in [0.15, 0.2) is 42.5 Å². The summed E-state index contributed by atoms with van der Waals surface area (Å²) in [7, 11) is 0. The number of carbonyl (C=O) groups is 2. The summed E-state index contributed by atoms with van der Waals surface area (Å²) in [5.74, 6) is 0.000813. The van der Waals surface area contributed by atoms with E-state index < -0.39 is 0 Å². The highest BCUT2D eigenvalue weighted by atomic mass is 32.1. The average Bonchev–Trinajstić information content (AvgIpc) is 3.03. The van der Waals surface area contributed by atoms with Crippen molar-refractivity contribution in [1.29, 1.82) is 0 Å². The van der Waals surface area contributed by atoms with Gasteiger partial charge in [0.2, 0.25) is 0 Å². The number of rotatable bonds is 6. The van der Waals surface area contributed by atoms with Gasteiger partial charge in [-0.3, -0.25) is 10.1 Å². The van der Waals surface area contributed by atoms with Crippen molar-refractivity contribution >= 4 is 38.6 Å². The topological polar surface area (TPSA) is 77.5 Å². The van der Waals surface area contributed by atoms with Gasteiger partial charge in [0, 0.05) is 5.56 Å². The predicted molar refractivity (Wildman–Crippen MR) is 101 cm³/mol. The first-order valence-electron chi connectivity index (χ1n) is 8.22. The van der Waals surface area contributed by atoms with Crippen LogP contribution in [-0.4, -0.2) is 30.1 Å². The maximum absolute atomic E-state index is 12.4. The summed E-state index contributed by atoms with van der Waals surface area (Å²) < 4.78 is 11.2. The Balaban J connectivity index is 1.79. The molecule has 1 N–H and O–H groups in total. The van der Waals surface area contributed by atoms with Crippen LogP contribution in [0, 0.1) is 0 Å². The Morgan fingerprint density at radius 1 is 1.08 bits per heavy atom. The van der Waals surface area contributed by atoms with E-state index in [2.05, 4.69) is 10.3 Å². The highest BCUT2D eigenvalue weighted by molar-refractivity contribution is 7.22. The van der Waals surface area contributed by atoms with Crippen LogP contribution >= 0.6 is 11.3 Å². The van der Waals surface area contributed by atoms with Crippen molar-refractivity contribution in [2.45, 2.75) is 13.8 Å². The number of benzene rings is 2. The van der Waals surface area contributed by atoms with Gasteiger partial charge in [0.1, 0.15) is 5.75 Å². The minimum atomic E-state index is -0.374. The van der Waals surface area contributed by atoms with Crippen LogP contribution < -0.4 is 10.1 Å². The van der Waals surface area contributed by atoms with Crippen molar-refractivity contribution in [1.82, 2.24) is 4.98 Å². The molecule has 0 fully saturated rings. The molecule has 134 valence electrons. The molecule has 6 nitrogen and oxygen atoms in total. The lowest BCUT2D eigenvalue weighted by Gasteiger charge is -2.05. The van der Waals surface area contributed by atoms with E-state index in [1.54, 1.807) is 49.4 Å². The number of hydrogen-bond donors (Lipinski definition) is 1. The van der Waals surface area contributed by atoms with Gasteiger partial charge >= 0.3 is 5.97 Å². The summed E-state index contributed by atoms with van der Waals surface area (Å²) in [5, 5.41) is 3.25. The van der Waals surface area contributed by atoms with Crippen molar-refractivity contribution in [3.63, 3.8) is 0 Å². The summed E-state index contributed by atoms with van der Waals surface area (Å²) in [6.07, 6.45) is 0. The van der Waals surface area contributed by atoms with Crippen molar-refractivity contribution < 1.29 is 19.1 Å². The fourth-order valence-corrected chi connectivity index (χ4v) is 3.28. The predicted octanol–water partition coefficient (Wildman–Crippen LogP) is 4.12. The van der Waals surface area contributed by atoms with Crippen molar-refractivity contribution in [3.8, 4) is 5.75 Å². The van der Waals surface area contributed by atoms with E-state index in [0.717, 1.165) is 4.70 Å². The molecule has 0 saturated carbocycles. The van der Waals surface area contributed by atoms with Gasteiger partial charge in [-0.1, -0.05) is 17.4 Å². The first kappa shape index (κ1) is 17.9. The Morgan fingerprint density at radius 2 is 1.92 bits per heavy atom. The zero-order valence-corrected chi connectivity index (χ0v) is 15.3. The number of aromatic nitrogens is 1. The molecule has 0 aliphatic rings. The van der Waals surface area contributed by atoms with E-state index in [4.69, 9.17) is 9.47 Å². The normalized spacial score (nSPS) is 10.5. The minimum Gasteiger partial charge on any atom is -0.494 e. The molecule has 0 aliphatic heterocycles. The molecule has 0 saturated heterocycles. The van der Waals surface area contributed by atoms with E-state index in [1.807, 2.05) is 6.92 Å². The van der Waals surface area contributed by atoms with Gasteiger partial charge in [-0.05, 0) is 50.2 Å². The molecule has 0 aliphatic carbocycles. The molecule has 3 rings (SSSR count). The van der Waals surface area contributed by atoms with E-state index in [0.29, 0.717) is 40.7 Å². The van der Waals surface area contributed by atoms with Gasteiger partial charge < -0.3 is 9.47 Å². The van der Waals surface area contributed by atoms with Gasteiger partial charge in [-0.25, -0.2) is 9.78 Å². The standard InChI is InChI=1S/C19H18N2O4S/c1-3-24-14-7-5-6-12(10-14)17(22)21-19-20-15-9-8-13(11-16(15)26-19)18(23)25-4-2/h5-11H,3-4H2,1-2H3,(H,20,21,22). The molecule has 2 aromatic carbocycles. The van der Waals surface area contributed by atoms with Crippen LogP contribution in [0.5, 0.6) is 5.75 Å². The number of amides is 1. The Morgan fingerprint density at radius 3 is 2.69 bits per heavy atom. The summed E-state index contributed by atoms with van der Waals surface area (Å²) in [5.41, 5.74) is 1.66. The summed E-state index contributed by atoms with van der Waals surface area (Å²) in [4.78, 5) is 28.6. The third-order valence-electron chi connectivity index (χ3n) is 3.53. The maximum atomic E-state index is 12.4. The van der Waals surface area contributed by atoms with E-state index >= 15 is 0 Å². The lowest BCUT2D eigenvalue weighted by Crippen LogP contribution is -2.11. The van der Waals surface area contributed by atoms with Gasteiger partial charge in [-0.15, -0.1) is 0 Å². The van der Waals surface area contributed by atoms with Gasteiger partial charge in [-0.2, -0.15) is 0 Å². The molecule has 1 amide bonds. The molecule has 1 aromatic heterocycles. The average molecular weight is 370 g/mol. The van der Waals surface area contributed by atoms with Crippen LogP contribution in [0.1, 0.15) is 34.6 Å². The quantitative estimate of drug-likeness (QED) is 0.660. The van der Waals surface area contributed by atoms with Crippen LogP contribution in [0.25, 0.3) is 10.2 Å². The van der Waals surface area contributed by atoms with Gasteiger partial charge in [0.25, 0.3) is 5.91 Å². The number of ether oxygens (including phenoxy) is 2. The summed E-state index contributed by atoms with van der Waals surface area (Å²) in [6, 6.07) is 12.1. The number of fused-ring (bicyclic) bond motifs is 1. The summed E-state index contributed by atoms with van der Waals surface area (Å²) >= 11 is 1.30. The molecule has 3 aromatic rings. The van der Waals surface area contributed by atoms with E-state index in [9.17, 15) is 9.59 Å². The molecule has 26 heavy (non-hydrogen) atoms. The third-order valence-corrected chi connectivity index (χ3v) is 4.46. The molecule has 7 heteroatoms. The molecule has 1 heterocycles. The molecule has 0 bridgehead atoms. The first-order chi connectivity index (χ1) is 12.6. The Labute approximate surface area is 154 Å². The van der Waals surface area contributed by atoms with Crippen LogP contribution in [0.3, 0.4) is 0 Å². The third kappa shape index (κ3) is 4.00. The largest absolute Gasteiger partial charge is 0.494 e. The number of nitrogens with zero attached hydrogens (tertiary/aromatic N) is 1. The molecule has 0 radical (unpaired) electrons. The van der Waals surface area contributed by atoms with Gasteiger partial charge in [0.15, 0.2) is 5.13 Å². The lowest BCUT2D eigenvalue weighted by molar-refractivity contribution is 0.0526. The Kier molecular flexibility index (Phi) is 5.48. The van der Waals surface area contributed by atoms with E-state index in [1.165, 1.54) is 11.3 Å². The molecule has 0 atom stereocenters. The second kappa shape index (κ2) is 7.97. The number of thiazole rings is 1. The smallest absolute Gasteiger partial charge is 0.338 e. The van der Waals surface area contributed by atoms with Crippen molar-refractivity contribution in [2.24, 2.45) is 0 Å². The fourth-order valence-electron chi connectivity index (χ4n) is 2.38. The minimum absolute atomic E-state index is 0.267. The SMILES string of the molecule is CCOC(=O)c1ccc2nc(NC(=O)c3cccc(OCC)c3)sc2c1. The van der Waals surface area contributed by atoms with E-state index in [-0.39, 0.29) is 11.9 Å². The molecule has 0 unspecified atom stereocenters. The van der Waals surface area contributed by atoms with Crippen LogP contribution in [0.4, 0.5) is 5.13 Å². The number of anilines is 1. The number of nitrogens with one attached hydrogen (secondary N) is 1. The molecule has 0 spiro atoms. The second-order valence-corrected chi connectivity index (χ2v) is 6.37. The monoisotopic (exact) mass is 370 g/mol. The van der Waals surface area contributed by atoms with Crippen LogP contribution in [-0.2, 0) is 4.74 Å². The lowest BCUT2D eigenvalue weighted by atomic mass is 10.2. The van der Waals surface area contributed by atoms with Gasteiger partial charge in [0.05, 0.1) is 29.0 Å². The number of carbonyl (C=O) groups excluding carboxylic acids is 2. The Hall–Kier alpha value is -2.93. The first-order valence-corrected chi connectivity index (χ1v) is 9.04. The van der Waals surface area contributed by atoms with Crippen molar-refractivity contribution in [2.75, 3.05) is 18.5 Å². The maximum Gasteiger partial charge on any atom is 0.338 e.